The number of nitrogens with zero attached hydrogens (tertiary/aromatic N) is 2. The van der Waals surface area contributed by atoms with Crippen molar-refractivity contribution in [3.63, 3.8) is 0 Å². The highest BCUT2D eigenvalue weighted by Gasteiger charge is 2.32. The fourth-order valence-electron chi connectivity index (χ4n) is 2.81. The third-order valence-corrected chi connectivity index (χ3v) is 6.28. The molecular weight excluding hydrogens is 383 g/mol. The van der Waals surface area contributed by atoms with Gasteiger partial charge in [-0.25, -0.2) is 12.8 Å². The standard InChI is InChI=1S/C17H18ClFN2O4S/c1-24-17-5-4-13(9-15(17)19)26(22,23)21-8-2-3-12(11-21)25-16-6-7-20-10-14(16)18/h4-7,9-10,12H,2-3,8,11H2,1H3. The zero-order valence-electron chi connectivity index (χ0n) is 14.1. The molecule has 0 bridgehead atoms. The summed E-state index contributed by atoms with van der Waals surface area (Å²) in [5.74, 6) is -0.264. The molecular formula is C17H18ClFN2O4S. The summed E-state index contributed by atoms with van der Waals surface area (Å²) < 4.78 is 51.5. The number of pyridine rings is 1. The number of ether oxygens (including phenoxy) is 2. The summed E-state index contributed by atoms with van der Waals surface area (Å²) in [6.07, 6.45) is 4.00. The molecule has 1 atom stereocenters. The maximum absolute atomic E-state index is 13.9. The van der Waals surface area contributed by atoms with E-state index in [1.54, 1.807) is 12.3 Å². The van der Waals surface area contributed by atoms with Gasteiger partial charge in [-0.3, -0.25) is 4.98 Å². The highest BCUT2D eigenvalue weighted by Crippen LogP contribution is 2.28. The van der Waals surface area contributed by atoms with Crippen molar-refractivity contribution in [1.29, 1.82) is 0 Å². The Morgan fingerprint density at radius 3 is 2.81 bits per heavy atom. The van der Waals surface area contributed by atoms with Crippen LogP contribution in [-0.4, -0.2) is 44.0 Å². The first-order chi connectivity index (χ1) is 12.4. The number of hydrogen-bond donors (Lipinski definition) is 0. The molecule has 0 N–H and O–H groups in total. The number of aromatic nitrogens is 1. The van der Waals surface area contributed by atoms with Crippen LogP contribution in [0.15, 0.2) is 41.6 Å². The number of piperidine rings is 1. The van der Waals surface area contributed by atoms with Crippen LogP contribution in [0.2, 0.25) is 5.02 Å². The summed E-state index contributed by atoms with van der Waals surface area (Å²) >= 11 is 6.04. The Kier molecular flexibility index (Phi) is 5.64. The number of methoxy groups -OCH3 is 1. The molecule has 9 heteroatoms. The van der Waals surface area contributed by atoms with E-state index < -0.39 is 15.8 Å². The van der Waals surface area contributed by atoms with Crippen molar-refractivity contribution in [2.75, 3.05) is 20.2 Å². The molecule has 1 aliphatic rings. The molecule has 2 heterocycles. The van der Waals surface area contributed by atoms with Gasteiger partial charge in [-0.2, -0.15) is 4.31 Å². The summed E-state index contributed by atoms with van der Waals surface area (Å²) in [7, 11) is -2.51. The molecule has 0 spiro atoms. The predicted molar refractivity (Wildman–Crippen MR) is 94.6 cm³/mol. The minimum absolute atomic E-state index is 0.00358. The number of halogens is 2. The third-order valence-electron chi connectivity index (χ3n) is 4.13. The molecule has 1 unspecified atom stereocenters. The SMILES string of the molecule is COc1ccc(S(=O)(=O)N2CCCC(Oc3ccncc3Cl)C2)cc1F. The second-order valence-electron chi connectivity index (χ2n) is 5.85. The van der Waals surface area contributed by atoms with Crippen LogP contribution in [0.25, 0.3) is 0 Å². The molecule has 26 heavy (non-hydrogen) atoms. The monoisotopic (exact) mass is 400 g/mol. The van der Waals surface area contributed by atoms with Gasteiger partial charge in [0.25, 0.3) is 0 Å². The van der Waals surface area contributed by atoms with Gasteiger partial charge in [-0.1, -0.05) is 11.6 Å². The van der Waals surface area contributed by atoms with Gasteiger partial charge >= 0.3 is 0 Å². The van der Waals surface area contributed by atoms with E-state index >= 15 is 0 Å². The van der Waals surface area contributed by atoms with Crippen LogP contribution in [0.4, 0.5) is 4.39 Å². The van der Waals surface area contributed by atoms with Gasteiger partial charge in [0, 0.05) is 25.0 Å². The van der Waals surface area contributed by atoms with Crippen LogP contribution in [-0.2, 0) is 10.0 Å². The lowest BCUT2D eigenvalue weighted by molar-refractivity contribution is 0.130. The van der Waals surface area contributed by atoms with E-state index in [4.69, 9.17) is 21.1 Å². The second-order valence-corrected chi connectivity index (χ2v) is 8.19. The second kappa shape index (κ2) is 7.77. The predicted octanol–water partition coefficient (Wildman–Crippen LogP) is 3.11. The Hall–Kier alpha value is -1.90. The quantitative estimate of drug-likeness (QED) is 0.771. The average Bonchev–Trinajstić information content (AvgIpc) is 2.64. The Balaban J connectivity index is 1.78. The summed E-state index contributed by atoms with van der Waals surface area (Å²) in [5.41, 5.74) is 0. The van der Waals surface area contributed by atoms with Crippen LogP contribution >= 0.6 is 11.6 Å². The van der Waals surface area contributed by atoms with Gasteiger partial charge in [-0.15, -0.1) is 0 Å². The number of hydrogen-bond acceptors (Lipinski definition) is 5. The molecule has 1 aromatic carbocycles. The van der Waals surface area contributed by atoms with E-state index in [-0.39, 0.29) is 23.3 Å². The summed E-state index contributed by atoms with van der Waals surface area (Å²) in [4.78, 5) is 3.78. The summed E-state index contributed by atoms with van der Waals surface area (Å²) in [6, 6.07) is 5.24. The van der Waals surface area contributed by atoms with Crippen molar-refractivity contribution >= 4 is 21.6 Å². The maximum Gasteiger partial charge on any atom is 0.243 e. The molecule has 1 aromatic heterocycles. The number of sulfonamides is 1. The van der Waals surface area contributed by atoms with Gasteiger partial charge < -0.3 is 9.47 Å². The Labute approximate surface area is 156 Å². The zero-order chi connectivity index (χ0) is 18.7. The normalized spacial score (nSPS) is 18.5. The van der Waals surface area contributed by atoms with Crippen LogP contribution in [0.5, 0.6) is 11.5 Å². The molecule has 3 rings (SSSR count). The first-order valence-electron chi connectivity index (χ1n) is 8.01. The van der Waals surface area contributed by atoms with Crippen molar-refractivity contribution in [3.8, 4) is 11.5 Å². The summed E-state index contributed by atoms with van der Waals surface area (Å²) in [6.45, 7) is 0.508. The first-order valence-corrected chi connectivity index (χ1v) is 9.83. The largest absolute Gasteiger partial charge is 0.494 e. The minimum atomic E-state index is -3.83. The third kappa shape index (κ3) is 3.92. The highest BCUT2D eigenvalue weighted by molar-refractivity contribution is 7.89. The van der Waals surface area contributed by atoms with Crippen LogP contribution < -0.4 is 9.47 Å². The average molecular weight is 401 g/mol. The van der Waals surface area contributed by atoms with Crippen LogP contribution in [0.3, 0.4) is 0 Å². The van der Waals surface area contributed by atoms with E-state index in [2.05, 4.69) is 4.98 Å². The Morgan fingerprint density at radius 1 is 1.31 bits per heavy atom. The molecule has 0 amide bonds. The molecule has 1 saturated heterocycles. The molecule has 1 fully saturated rings. The van der Waals surface area contributed by atoms with E-state index in [1.165, 1.54) is 29.7 Å². The first kappa shape index (κ1) is 18.9. The Morgan fingerprint density at radius 2 is 2.12 bits per heavy atom. The Bertz CT molecular complexity index is 894. The van der Waals surface area contributed by atoms with Gasteiger partial charge in [0.1, 0.15) is 16.9 Å². The van der Waals surface area contributed by atoms with Crippen molar-refractivity contribution in [3.05, 3.63) is 47.5 Å². The smallest absolute Gasteiger partial charge is 0.243 e. The van der Waals surface area contributed by atoms with Crippen LogP contribution in [0.1, 0.15) is 12.8 Å². The van der Waals surface area contributed by atoms with Gasteiger partial charge in [-0.05, 0) is 31.0 Å². The minimum Gasteiger partial charge on any atom is -0.494 e. The highest BCUT2D eigenvalue weighted by atomic mass is 35.5. The molecule has 0 saturated carbocycles. The molecule has 140 valence electrons. The lowest BCUT2D eigenvalue weighted by Crippen LogP contribution is -2.44. The van der Waals surface area contributed by atoms with Crippen molar-refractivity contribution in [2.24, 2.45) is 0 Å². The lowest BCUT2D eigenvalue weighted by Gasteiger charge is -2.32. The molecule has 6 nitrogen and oxygen atoms in total. The van der Waals surface area contributed by atoms with Crippen LogP contribution in [0, 0.1) is 5.82 Å². The molecule has 1 aliphatic heterocycles. The van der Waals surface area contributed by atoms with E-state index in [0.717, 1.165) is 6.07 Å². The van der Waals surface area contributed by atoms with Gasteiger partial charge in [0.15, 0.2) is 11.6 Å². The van der Waals surface area contributed by atoms with Crippen molar-refractivity contribution in [1.82, 2.24) is 9.29 Å². The molecule has 0 radical (unpaired) electrons. The van der Waals surface area contributed by atoms with E-state index in [9.17, 15) is 12.8 Å². The van der Waals surface area contributed by atoms with E-state index in [0.29, 0.717) is 30.2 Å². The molecule has 2 aromatic rings. The van der Waals surface area contributed by atoms with Crippen molar-refractivity contribution in [2.45, 2.75) is 23.8 Å². The van der Waals surface area contributed by atoms with E-state index in [1.807, 2.05) is 0 Å². The van der Waals surface area contributed by atoms with Gasteiger partial charge in [0.05, 0.1) is 18.6 Å². The lowest BCUT2D eigenvalue weighted by atomic mass is 10.1. The number of benzene rings is 1. The topological polar surface area (TPSA) is 68.7 Å². The fraction of sp³-hybridized carbons (Fsp3) is 0.353. The zero-order valence-corrected chi connectivity index (χ0v) is 15.6. The summed E-state index contributed by atoms with van der Waals surface area (Å²) in [5, 5.41) is 0.365. The molecule has 0 aliphatic carbocycles. The number of rotatable bonds is 5. The fourth-order valence-corrected chi connectivity index (χ4v) is 4.50. The maximum atomic E-state index is 13.9. The van der Waals surface area contributed by atoms with Gasteiger partial charge in [0.2, 0.25) is 10.0 Å². The van der Waals surface area contributed by atoms with Crippen molar-refractivity contribution < 1.29 is 22.3 Å².